The van der Waals surface area contributed by atoms with Gasteiger partial charge in [-0.1, -0.05) is 26.3 Å². The molecule has 12 nitrogen and oxygen atoms in total. The third-order valence-electron chi connectivity index (χ3n) is 3.92. The minimum Gasteiger partial charge on any atom is -0.370 e. The Balaban J connectivity index is 2.42. The van der Waals surface area contributed by atoms with Crippen molar-refractivity contribution in [2.75, 3.05) is 0 Å². The molecule has 0 aliphatic rings. The van der Waals surface area contributed by atoms with Crippen LogP contribution in [0, 0.1) is 49.0 Å². The topological polar surface area (TPSA) is 142 Å². The standard InChI is InChI=1S/C18N12/c1-21-15-17(23-3)29-13-11(27-15)9-10(26-8(6-20)7(5-19)25-9)12-14(13)30-18(24-4)16(22-2)28-12. The van der Waals surface area contributed by atoms with E-state index >= 15 is 0 Å². The highest BCUT2D eigenvalue weighted by Crippen LogP contribution is 2.37. The largest absolute Gasteiger partial charge is 0.370 e. The first-order chi connectivity index (χ1) is 14.6. The van der Waals surface area contributed by atoms with Gasteiger partial charge in [0.1, 0.15) is 23.2 Å². The second-order valence-corrected chi connectivity index (χ2v) is 5.42. The maximum atomic E-state index is 9.30. The van der Waals surface area contributed by atoms with E-state index in [1.165, 1.54) is 0 Å². The zero-order chi connectivity index (χ0) is 21.4. The summed E-state index contributed by atoms with van der Waals surface area (Å²) in [5, 5.41) is 18.6. The lowest BCUT2D eigenvalue weighted by Gasteiger charge is -2.03. The highest BCUT2D eigenvalue weighted by atomic mass is 15.1. The van der Waals surface area contributed by atoms with Crippen LogP contribution in [0.2, 0.25) is 0 Å². The average molecular weight is 384 g/mol. The third-order valence-corrected chi connectivity index (χ3v) is 3.92. The second kappa shape index (κ2) is 6.41. The van der Waals surface area contributed by atoms with E-state index < -0.39 is 0 Å². The van der Waals surface area contributed by atoms with Gasteiger partial charge in [-0.15, -0.1) is 19.9 Å². The Morgan fingerprint density at radius 1 is 0.467 bits per heavy atom. The van der Waals surface area contributed by atoms with Gasteiger partial charge in [0.05, 0.1) is 0 Å². The summed E-state index contributed by atoms with van der Waals surface area (Å²) >= 11 is 0. The molecule has 0 amide bonds. The van der Waals surface area contributed by atoms with Gasteiger partial charge in [-0.25, -0.2) is 9.97 Å². The Morgan fingerprint density at radius 2 is 0.700 bits per heavy atom. The van der Waals surface area contributed by atoms with Gasteiger partial charge in [-0.05, 0) is 0 Å². The van der Waals surface area contributed by atoms with Crippen molar-refractivity contribution >= 4 is 56.4 Å². The van der Waals surface area contributed by atoms with E-state index in [0.717, 1.165) is 0 Å². The van der Waals surface area contributed by atoms with Crippen LogP contribution >= 0.6 is 0 Å². The molecule has 3 heterocycles. The normalized spacial score (nSPS) is 9.80. The highest BCUT2D eigenvalue weighted by molar-refractivity contribution is 6.19. The number of nitriles is 2. The van der Waals surface area contributed by atoms with E-state index in [1.807, 2.05) is 0 Å². The average Bonchev–Trinajstić information content (AvgIpc) is 2.81. The number of nitrogens with zero attached hydrogens (tertiary/aromatic N) is 12. The molecule has 12 heteroatoms. The summed E-state index contributed by atoms with van der Waals surface area (Å²) in [6.45, 7) is 29.0. The van der Waals surface area contributed by atoms with Crippen molar-refractivity contribution in [3.05, 3.63) is 57.1 Å². The van der Waals surface area contributed by atoms with Gasteiger partial charge in [0.25, 0.3) is 34.3 Å². The van der Waals surface area contributed by atoms with Crippen LogP contribution in [0.15, 0.2) is 0 Å². The third kappa shape index (κ3) is 2.27. The fourth-order valence-electron chi connectivity index (χ4n) is 2.72. The molecule has 0 saturated carbocycles. The smallest absolute Gasteiger partial charge is 0.294 e. The summed E-state index contributed by atoms with van der Waals surface area (Å²) in [6.07, 6.45) is 0. The molecule has 0 spiro atoms. The zero-order valence-corrected chi connectivity index (χ0v) is 14.4. The molecule has 4 aromatic rings. The van der Waals surface area contributed by atoms with Gasteiger partial charge < -0.3 is 19.4 Å². The molecule has 4 rings (SSSR count). The highest BCUT2D eigenvalue weighted by Gasteiger charge is 2.29. The fourth-order valence-corrected chi connectivity index (χ4v) is 2.72. The fraction of sp³-hybridized carbons (Fsp3) is 0. The van der Waals surface area contributed by atoms with E-state index in [-0.39, 0.29) is 67.8 Å². The van der Waals surface area contributed by atoms with Crippen LogP contribution < -0.4 is 0 Å². The first-order valence-corrected chi connectivity index (χ1v) is 7.67. The van der Waals surface area contributed by atoms with Gasteiger partial charge >= 0.3 is 0 Å². The minimum atomic E-state index is -0.293. The first-order valence-electron chi connectivity index (χ1n) is 7.67. The van der Waals surface area contributed by atoms with E-state index in [4.69, 9.17) is 26.3 Å². The van der Waals surface area contributed by atoms with Gasteiger partial charge in [-0.2, -0.15) is 10.5 Å². The molecule has 1 aromatic carbocycles. The Kier molecular flexibility index (Phi) is 3.76. The van der Waals surface area contributed by atoms with Crippen molar-refractivity contribution in [2.24, 2.45) is 0 Å². The summed E-state index contributed by atoms with van der Waals surface area (Å²) in [4.78, 5) is 37.6. The summed E-state index contributed by atoms with van der Waals surface area (Å²) in [5.41, 5.74) is -0.522. The molecular formula is C18N12. The van der Waals surface area contributed by atoms with E-state index in [2.05, 4.69) is 49.3 Å². The number of rotatable bonds is 0. The Morgan fingerprint density at radius 3 is 0.900 bits per heavy atom. The predicted octanol–water partition coefficient (Wildman–Crippen LogP) is 3.46. The maximum Gasteiger partial charge on any atom is 0.294 e. The monoisotopic (exact) mass is 384 g/mol. The van der Waals surface area contributed by atoms with Crippen molar-refractivity contribution in [2.45, 2.75) is 0 Å². The van der Waals surface area contributed by atoms with Crippen LogP contribution in [-0.2, 0) is 0 Å². The van der Waals surface area contributed by atoms with Crippen LogP contribution in [0.3, 0.4) is 0 Å². The van der Waals surface area contributed by atoms with Crippen molar-refractivity contribution in [1.82, 2.24) is 29.9 Å². The van der Waals surface area contributed by atoms with E-state index in [9.17, 15) is 10.5 Å². The number of fused-ring (bicyclic) bond motifs is 6. The number of aromatic nitrogens is 6. The Labute approximate surface area is 166 Å². The minimum absolute atomic E-state index is 0.00257. The second-order valence-electron chi connectivity index (χ2n) is 5.42. The molecule has 0 aliphatic heterocycles. The molecule has 0 N–H and O–H groups in total. The van der Waals surface area contributed by atoms with Crippen molar-refractivity contribution in [3.8, 4) is 12.1 Å². The van der Waals surface area contributed by atoms with Gasteiger partial charge in [-0.3, -0.25) is 0 Å². The molecule has 30 heavy (non-hydrogen) atoms. The molecule has 0 unspecified atom stereocenters. The summed E-state index contributed by atoms with van der Waals surface area (Å²) in [6, 6.07) is 3.53. The molecule has 0 atom stereocenters. The predicted molar refractivity (Wildman–Crippen MR) is 100 cm³/mol. The zero-order valence-electron chi connectivity index (χ0n) is 14.4. The summed E-state index contributed by atoms with van der Waals surface area (Å²) in [5.74, 6) is -1.17. The number of hydrogen-bond donors (Lipinski definition) is 0. The van der Waals surface area contributed by atoms with E-state index in [1.54, 1.807) is 12.1 Å². The summed E-state index contributed by atoms with van der Waals surface area (Å²) in [7, 11) is 0. The maximum absolute atomic E-state index is 9.30. The van der Waals surface area contributed by atoms with Crippen molar-refractivity contribution < 1.29 is 0 Å². The molecule has 132 valence electrons. The Hall–Kier alpha value is -5.82. The molecule has 0 bridgehead atoms. The molecular weight excluding hydrogens is 384 g/mol. The summed E-state index contributed by atoms with van der Waals surface area (Å²) < 4.78 is 0. The van der Waals surface area contributed by atoms with E-state index in [0.29, 0.717) is 0 Å². The quantitative estimate of drug-likeness (QED) is 0.331. The molecule has 0 fully saturated rings. The lowest BCUT2D eigenvalue weighted by molar-refractivity contribution is 1.19. The van der Waals surface area contributed by atoms with Crippen molar-refractivity contribution in [1.29, 1.82) is 10.5 Å². The van der Waals surface area contributed by atoms with Crippen LogP contribution in [0.4, 0.5) is 23.3 Å². The SMILES string of the molecule is [C-]#[N+]c1nc2c3nc(C#N)c(C#N)nc3c3nc([N+]#[C-])c([N+]#[C-])nc3c2nc1[N+]#[C-]. The number of benzene rings is 1. The van der Waals surface area contributed by atoms with Crippen LogP contribution in [0.1, 0.15) is 11.4 Å². The van der Waals surface area contributed by atoms with Gasteiger partial charge in [0.2, 0.25) is 11.0 Å². The first kappa shape index (κ1) is 17.6. The van der Waals surface area contributed by atoms with Crippen molar-refractivity contribution in [3.63, 3.8) is 0 Å². The lowest BCUT2D eigenvalue weighted by atomic mass is 10.1. The van der Waals surface area contributed by atoms with Gasteiger partial charge in [0.15, 0.2) is 11.4 Å². The lowest BCUT2D eigenvalue weighted by Crippen LogP contribution is -2.01. The molecule has 3 aromatic heterocycles. The van der Waals surface area contributed by atoms with Gasteiger partial charge in [0, 0.05) is 0 Å². The van der Waals surface area contributed by atoms with Crippen LogP contribution in [0.5, 0.6) is 0 Å². The molecule has 0 radical (unpaired) electrons. The molecule has 0 aliphatic carbocycles. The van der Waals surface area contributed by atoms with Crippen LogP contribution in [0.25, 0.3) is 52.5 Å². The Bertz CT molecular complexity index is 1350. The molecule has 0 saturated heterocycles. The number of hydrogen-bond acceptors (Lipinski definition) is 8. The van der Waals surface area contributed by atoms with Crippen LogP contribution in [-0.4, -0.2) is 29.9 Å².